The van der Waals surface area contributed by atoms with Gasteiger partial charge in [0.05, 0.1) is 11.7 Å². The summed E-state index contributed by atoms with van der Waals surface area (Å²) in [6, 6.07) is 8.41. The molecule has 1 unspecified atom stereocenters. The summed E-state index contributed by atoms with van der Waals surface area (Å²) in [6.45, 7) is 11.2. The number of hydrogen-bond acceptors (Lipinski definition) is 5. The molecule has 0 radical (unpaired) electrons. The van der Waals surface area contributed by atoms with Crippen molar-refractivity contribution >= 4 is 27.5 Å². The number of carbonyl (C=O) groups is 1. The largest absolute Gasteiger partial charge is 0.354 e. The van der Waals surface area contributed by atoms with Crippen molar-refractivity contribution in [3.05, 3.63) is 51.9 Å². The molecule has 3 aromatic rings. The second-order valence-electron chi connectivity index (χ2n) is 7.56. The van der Waals surface area contributed by atoms with Crippen molar-refractivity contribution in [2.45, 2.75) is 46.7 Å². The molecule has 30 heavy (non-hydrogen) atoms. The molecule has 1 amide bonds. The normalized spacial score (nSPS) is 12.4. The van der Waals surface area contributed by atoms with Gasteiger partial charge in [-0.3, -0.25) is 19.1 Å². The summed E-state index contributed by atoms with van der Waals surface area (Å²) in [5.41, 5.74) is 2.99. The van der Waals surface area contributed by atoms with Crippen LogP contribution in [0.5, 0.6) is 0 Å². The SMILES string of the molecule is CCN(CC)C(C)CNC(=O)CCn1cnc2scc(-c3ccc(C)cc3)c2c1=O. The van der Waals surface area contributed by atoms with Crippen LogP contribution in [0.15, 0.2) is 40.8 Å². The summed E-state index contributed by atoms with van der Waals surface area (Å²) in [5, 5.41) is 5.59. The summed E-state index contributed by atoms with van der Waals surface area (Å²) in [6.07, 6.45) is 1.80. The summed E-state index contributed by atoms with van der Waals surface area (Å²) >= 11 is 1.47. The van der Waals surface area contributed by atoms with Crippen LogP contribution in [0, 0.1) is 6.92 Å². The molecule has 0 saturated carbocycles. The van der Waals surface area contributed by atoms with E-state index in [1.165, 1.54) is 16.9 Å². The van der Waals surface area contributed by atoms with Gasteiger partial charge in [0.25, 0.3) is 5.56 Å². The molecule has 2 heterocycles. The van der Waals surface area contributed by atoms with Crippen LogP contribution in [0.2, 0.25) is 0 Å². The zero-order valence-corrected chi connectivity index (χ0v) is 19.0. The fraction of sp³-hybridized carbons (Fsp3) is 0.435. The van der Waals surface area contributed by atoms with E-state index < -0.39 is 0 Å². The summed E-state index contributed by atoms with van der Waals surface area (Å²) in [5.74, 6) is -0.0509. The first-order valence-corrected chi connectivity index (χ1v) is 11.4. The van der Waals surface area contributed by atoms with E-state index in [4.69, 9.17) is 0 Å². The first-order valence-electron chi connectivity index (χ1n) is 10.5. The number of nitrogens with zero attached hydrogens (tertiary/aromatic N) is 3. The van der Waals surface area contributed by atoms with Crippen LogP contribution in [-0.2, 0) is 11.3 Å². The third kappa shape index (κ3) is 4.96. The Hall–Kier alpha value is -2.51. The predicted molar refractivity (Wildman–Crippen MR) is 124 cm³/mol. The van der Waals surface area contributed by atoms with Crippen LogP contribution >= 0.6 is 11.3 Å². The first kappa shape index (κ1) is 22.2. The molecule has 1 N–H and O–H groups in total. The van der Waals surface area contributed by atoms with Crippen LogP contribution in [0.25, 0.3) is 21.3 Å². The van der Waals surface area contributed by atoms with Gasteiger partial charge in [0.1, 0.15) is 4.83 Å². The molecule has 2 aromatic heterocycles. The van der Waals surface area contributed by atoms with Crippen molar-refractivity contribution in [3.8, 4) is 11.1 Å². The minimum absolute atomic E-state index is 0.0509. The first-order chi connectivity index (χ1) is 14.4. The monoisotopic (exact) mass is 426 g/mol. The average molecular weight is 427 g/mol. The molecule has 7 heteroatoms. The topological polar surface area (TPSA) is 67.2 Å². The number of fused-ring (bicyclic) bond motifs is 1. The number of benzene rings is 1. The van der Waals surface area contributed by atoms with Crippen molar-refractivity contribution in [3.63, 3.8) is 0 Å². The minimum Gasteiger partial charge on any atom is -0.354 e. The second-order valence-corrected chi connectivity index (χ2v) is 8.42. The lowest BCUT2D eigenvalue weighted by molar-refractivity contribution is -0.121. The van der Waals surface area contributed by atoms with E-state index in [9.17, 15) is 9.59 Å². The van der Waals surface area contributed by atoms with Crippen LogP contribution in [0.3, 0.4) is 0 Å². The fourth-order valence-electron chi connectivity index (χ4n) is 3.62. The Labute approximate surface area is 181 Å². The van der Waals surface area contributed by atoms with Gasteiger partial charge in [-0.15, -0.1) is 11.3 Å². The molecular formula is C23H30N4O2S. The molecule has 1 aromatic carbocycles. The van der Waals surface area contributed by atoms with Gasteiger partial charge in [0.15, 0.2) is 0 Å². The van der Waals surface area contributed by atoms with E-state index in [1.54, 1.807) is 10.9 Å². The lowest BCUT2D eigenvalue weighted by Crippen LogP contribution is -2.42. The molecule has 0 spiro atoms. The Balaban J connectivity index is 1.70. The molecule has 0 aliphatic heterocycles. The quantitative estimate of drug-likeness (QED) is 0.567. The third-order valence-electron chi connectivity index (χ3n) is 5.53. The molecule has 0 bridgehead atoms. The van der Waals surface area contributed by atoms with Crippen LogP contribution in [0.4, 0.5) is 0 Å². The Bertz CT molecular complexity index is 1050. The maximum absolute atomic E-state index is 13.1. The molecule has 1 atom stereocenters. The Morgan fingerprint density at radius 3 is 2.60 bits per heavy atom. The molecule has 160 valence electrons. The summed E-state index contributed by atoms with van der Waals surface area (Å²) < 4.78 is 1.54. The predicted octanol–water partition coefficient (Wildman–Crippen LogP) is 3.67. The molecule has 3 rings (SSSR count). The lowest BCUT2D eigenvalue weighted by Gasteiger charge is -2.26. The average Bonchev–Trinajstić information content (AvgIpc) is 3.18. The zero-order valence-electron chi connectivity index (χ0n) is 18.1. The van der Waals surface area contributed by atoms with Gasteiger partial charge in [-0.1, -0.05) is 43.7 Å². The Morgan fingerprint density at radius 2 is 1.93 bits per heavy atom. The number of rotatable bonds is 9. The number of hydrogen-bond donors (Lipinski definition) is 1. The smallest absolute Gasteiger partial charge is 0.262 e. The van der Waals surface area contributed by atoms with Crippen molar-refractivity contribution < 1.29 is 4.79 Å². The number of nitrogens with one attached hydrogen (secondary N) is 1. The van der Waals surface area contributed by atoms with E-state index in [0.29, 0.717) is 18.5 Å². The molecule has 0 aliphatic carbocycles. The number of thiophene rings is 1. The summed E-state index contributed by atoms with van der Waals surface area (Å²) in [4.78, 5) is 32.9. The minimum atomic E-state index is -0.0962. The van der Waals surface area contributed by atoms with E-state index in [-0.39, 0.29) is 23.9 Å². The van der Waals surface area contributed by atoms with Gasteiger partial charge in [-0.2, -0.15) is 0 Å². The van der Waals surface area contributed by atoms with E-state index in [0.717, 1.165) is 29.0 Å². The number of likely N-dealkylation sites (N-methyl/N-ethyl adjacent to an activating group) is 1. The number of amides is 1. The van der Waals surface area contributed by atoms with E-state index in [1.807, 2.05) is 36.6 Å². The van der Waals surface area contributed by atoms with Gasteiger partial charge in [0, 0.05) is 36.5 Å². The highest BCUT2D eigenvalue weighted by atomic mass is 32.1. The van der Waals surface area contributed by atoms with Gasteiger partial charge >= 0.3 is 0 Å². The van der Waals surface area contributed by atoms with Crippen LogP contribution in [-0.4, -0.2) is 46.0 Å². The van der Waals surface area contributed by atoms with Crippen molar-refractivity contribution in [1.29, 1.82) is 0 Å². The molecule has 0 fully saturated rings. The molecule has 6 nitrogen and oxygen atoms in total. The van der Waals surface area contributed by atoms with E-state index in [2.05, 4.69) is 36.0 Å². The molecule has 0 aliphatic rings. The summed E-state index contributed by atoms with van der Waals surface area (Å²) in [7, 11) is 0. The van der Waals surface area contributed by atoms with Crippen molar-refractivity contribution in [2.24, 2.45) is 0 Å². The maximum Gasteiger partial charge on any atom is 0.262 e. The molecule has 0 saturated heterocycles. The number of aromatic nitrogens is 2. The van der Waals surface area contributed by atoms with Crippen molar-refractivity contribution in [2.75, 3.05) is 19.6 Å². The van der Waals surface area contributed by atoms with Crippen LogP contribution < -0.4 is 10.9 Å². The number of carbonyl (C=O) groups excluding carboxylic acids is 1. The highest BCUT2D eigenvalue weighted by Gasteiger charge is 2.15. The fourth-order valence-corrected chi connectivity index (χ4v) is 4.53. The molecular weight excluding hydrogens is 396 g/mol. The standard InChI is InChI=1S/C23H30N4O2S/c1-5-26(6-2)17(4)13-24-20(28)11-12-27-15-25-22-21(23(27)29)19(14-30-22)18-9-7-16(3)8-10-18/h7-10,14-15,17H,5-6,11-13H2,1-4H3,(H,24,28). The van der Waals surface area contributed by atoms with Gasteiger partial charge < -0.3 is 5.32 Å². The van der Waals surface area contributed by atoms with Gasteiger partial charge in [-0.05, 0) is 32.5 Å². The van der Waals surface area contributed by atoms with E-state index >= 15 is 0 Å². The van der Waals surface area contributed by atoms with Gasteiger partial charge in [0.2, 0.25) is 5.91 Å². The third-order valence-corrected chi connectivity index (χ3v) is 6.42. The second kappa shape index (κ2) is 10.00. The van der Waals surface area contributed by atoms with Gasteiger partial charge in [-0.25, -0.2) is 4.98 Å². The highest BCUT2D eigenvalue weighted by Crippen LogP contribution is 2.30. The zero-order chi connectivity index (χ0) is 21.7. The Morgan fingerprint density at radius 1 is 1.23 bits per heavy atom. The lowest BCUT2D eigenvalue weighted by atomic mass is 10.1. The number of aryl methyl sites for hydroxylation is 2. The Kier molecular flexibility index (Phi) is 7.39. The highest BCUT2D eigenvalue weighted by molar-refractivity contribution is 7.17. The maximum atomic E-state index is 13.1. The van der Waals surface area contributed by atoms with Crippen molar-refractivity contribution in [1.82, 2.24) is 19.8 Å². The van der Waals surface area contributed by atoms with Crippen LogP contribution in [0.1, 0.15) is 32.8 Å².